The Labute approximate surface area is 221 Å². The van der Waals surface area contributed by atoms with Crippen molar-refractivity contribution < 1.29 is 9.47 Å². The first-order valence-corrected chi connectivity index (χ1v) is 13.1. The summed E-state index contributed by atoms with van der Waals surface area (Å²) in [5, 5.41) is 11.8. The van der Waals surface area contributed by atoms with Gasteiger partial charge in [-0.25, -0.2) is 4.99 Å². The maximum atomic E-state index is 9.90. The van der Waals surface area contributed by atoms with Gasteiger partial charge < -0.3 is 9.47 Å². The van der Waals surface area contributed by atoms with E-state index in [4.69, 9.17) is 37.7 Å². The Hall–Kier alpha value is -2.52. The van der Waals surface area contributed by atoms with E-state index in [2.05, 4.69) is 26.8 Å². The lowest BCUT2D eigenvalue weighted by molar-refractivity contribution is 0.218. The van der Waals surface area contributed by atoms with E-state index in [1.54, 1.807) is 36.8 Å². The maximum Gasteiger partial charge on any atom is 0.170 e. The number of methoxy groups -OCH3 is 1. The molecule has 182 valence electrons. The molecule has 4 rings (SSSR count). The number of nitrogens with zero attached hydrogens (tertiary/aromatic N) is 2. The third-order valence-electron chi connectivity index (χ3n) is 6.52. The summed E-state index contributed by atoms with van der Waals surface area (Å²) in [4.78, 5) is 6.04. The number of thiophene rings is 1. The van der Waals surface area contributed by atoms with Crippen molar-refractivity contribution in [2.45, 2.75) is 46.6 Å². The van der Waals surface area contributed by atoms with Crippen molar-refractivity contribution in [3.8, 4) is 17.6 Å². The molecule has 0 aliphatic heterocycles. The molecule has 0 saturated carbocycles. The highest BCUT2D eigenvalue weighted by Gasteiger charge is 2.32. The third kappa shape index (κ3) is 5.67. The van der Waals surface area contributed by atoms with Crippen LogP contribution in [0.2, 0.25) is 10.0 Å². The Morgan fingerprint density at radius 1 is 1.23 bits per heavy atom. The van der Waals surface area contributed by atoms with Crippen molar-refractivity contribution >= 4 is 45.8 Å². The lowest BCUT2D eigenvalue weighted by Crippen LogP contribution is -2.26. The van der Waals surface area contributed by atoms with Gasteiger partial charge in [-0.05, 0) is 60.4 Å². The van der Waals surface area contributed by atoms with Crippen LogP contribution in [0, 0.1) is 22.7 Å². The van der Waals surface area contributed by atoms with Gasteiger partial charge in [0.25, 0.3) is 0 Å². The average Bonchev–Trinajstić information content (AvgIpc) is 3.18. The van der Waals surface area contributed by atoms with Crippen LogP contribution in [0.15, 0.2) is 41.4 Å². The van der Waals surface area contributed by atoms with Crippen LogP contribution in [-0.4, -0.2) is 13.3 Å². The molecule has 3 aromatic rings. The standard InChI is InChI=1S/C28H28Cl2N2O2S/c1-28(2,3)19-9-11-21-22(14-31)27(35-25(21)12-19)32-15-17-6-5-7-24(33-4)26(17)34-16-18-8-10-20(29)13-23(18)30/h5-8,10,13,15,19H,9,11-12,16H2,1-4H3/t19-/m1/s1. The molecule has 0 unspecified atom stereocenters. The maximum absolute atomic E-state index is 9.90. The van der Waals surface area contributed by atoms with Gasteiger partial charge in [-0.1, -0.05) is 56.1 Å². The van der Waals surface area contributed by atoms with Crippen LogP contribution in [0.3, 0.4) is 0 Å². The normalized spacial score (nSPS) is 15.6. The summed E-state index contributed by atoms with van der Waals surface area (Å²) < 4.78 is 11.7. The van der Waals surface area contributed by atoms with Crippen LogP contribution in [0.5, 0.6) is 11.5 Å². The summed E-state index contributed by atoms with van der Waals surface area (Å²) in [5.41, 5.74) is 3.70. The van der Waals surface area contributed by atoms with Crippen LogP contribution < -0.4 is 9.47 Å². The van der Waals surface area contributed by atoms with E-state index in [0.29, 0.717) is 33.0 Å². The highest BCUT2D eigenvalue weighted by Crippen LogP contribution is 2.45. The van der Waals surface area contributed by atoms with E-state index in [-0.39, 0.29) is 12.0 Å². The fourth-order valence-corrected chi connectivity index (χ4v) is 6.07. The number of para-hydroxylation sites is 1. The molecule has 0 amide bonds. The number of hydrogen-bond donors (Lipinski definition) is 0. The second-order valence-electron chi connectivity index (χ2n) is 9.76. The molecule has 7 heteroatoms. The summed E-state index contributed by atoms with van der Waals surface area (Å²) >= 11 is 14.0. The predicted octanol–water partition coefficient (Wildman–Crippen LogP) is 8.42. The summed E-state index contributed by atoms with van der Waals surface area (Å²) in [5.74, 6) is 1.77. The monoisotopic (exact) mass is 526 g/mol. The number of aliphatic imine (C=N–C) groups is 1. The molecule has 2 aromatic carbocycles. The van der Waals surface area contributed by atoms with Crippen LogP contribution in [0.25, 0.3) is 0 Å². The zero-order valence-electron chi connectivity index (χ0n) is 20.3. The van der Waals surface area contributed by atoms with E-state index in [0.717, 1.165) is 35.4 Å². The van der Waals surface area contributed by atoms with Gasteiger partial charge in [-0.15, -0.1) is 11.3 Å². The highest BCUT2D eigenvalue weighted by atomic mass is 35.5. The minimum absolute atomic E-state index is 0.248. The lowest BCUT2D eigenvalue weighted by Gasteiger charge is -2.33. The van der Waals surface area contributed by atoms with Crippen molar-refractivity contribution in [3.05, 3.63) is 73.6 Å². The van der Waals surface area contributed by atoms with Gasteiger partial charge in [0.15, 0.2) is 11.5 Å². The predicted molar refractivity (Wildman–Crippen MR) is 145 cm³/mol. The topological polar surface area (TPSA) is 54.6 Å². The number of rotatable bonds is 6. The second kappa shape index (κ2) is 10.6. The minimum Gasteiger partial charge on any atom is -0.493 e. The molecule has 1 aliphatic rings. The van der Waals surface area contributed by atoms with Crippen molar-refractivity contribution in [1.29, 1.82) is 5.26 Å². The zero-order valence-corrected chi connectivity index (χ0v) is 22.7. The number of fused-ring (bicyclic) bond motifs is 1. The largest absolute Gasteiger partial charge is 0.493 e. The molecular formula is C28H28Cl2N2O2S. The lowest BCUT2D eigenvalue weighted by atomic mass is 9.72. The molecule has 35 heavy (non-hydrogen) atoms. The summed E-state index contributed by atoms with van der Waals surface area (Å²) in [6.45, 7) is 7.13. The number of hydrogen-bond acceptors (Lipinski definition) is 5. The Balaban J connectivity index is 1.62. The quantitative estimate of drug-likeness (QED) is 0.303. The molecule has 0 spiro atoms. The van der Waals surface area contributed by atoms with E-state index in [1.165, 1.54) is 10.4 Å². The van der Waals surface area contributed by atoms with Gasteiger partial charge in [-0.2, -0.15) is 5.26 Å². The fourth-order valence-electron chi connectivity index (χ4n) is 4.38. The summed E-state index contributed by atoms with van der Waals surface area (Å²) in [7, 11) is 1.60. The van der Waals surface area contributed by atoms with E-state index < -0.39 is 0 Å². The molecule has 0 N–H and O–H groups in total. The van der Waals surface area contributed by atoms with Gasteiger partial charge in [0, 0.05) is 32.3 Å². The Kier molecular flexibility index (Phi) is 7.76. The molecule has 1 aromatic heterocycles. The van der Waals surface area contributed by atoms with Crippen molar-refractivity contribution in [1.82, 2.24) is 0 Å². The van der Waals surface area contributed by atoms with Crippen LogP contribution in [0.1, 0.15) is 54.3 Å². The van der Waals surface area contributed by atoms with E-state index >= 15 is 0 Å². The molecule has 4 nitrogen and oxygen atoms in total. The number of benzene rings is 2. The second-order valence-corrected chi connectivity index (χ2v) is 11.7. The average molecular weight is 528 g/mol. The Morgan fingerprint density at radius 3 is 2.71 bits per heavy atom. The van der Waals surface area contributed by atoms with Gasteiger partial charge in [0.2, 0.25) is 0 Å². The van der Waals surface area contributed by atoms with Crippen molar-refractivity contribution in [2.75, 3.05) is 7.11 Å². The Bertz CT molecular complexity index is 1300. The van der Waals surface area contributed by atoms with Crippen LogP contribution in [-0.2, 0) is 19.4 Å². The first-order chi connectivity index (χ1) is 16.7. The first-order valence-electron chi connectivity index (χ1n) is 11.5. The minimum atomic E-state index is 0.248. The van der Waals surface area contributed by atoms with Crippen molar-refractivity contribution in [2.24, 2.45) is 16.3 Å². The number of halogens is 2. The first kappa shape index (κ1) is 25.6. The smallest absolute Gasteiger partial charge is 0.170 e. The third-order valence-corrected chi connectivity index (χ3v) is 8.27. The van der Waals surface area contributed by atoms with E-state index in [9.17, 15) is 5.26 Å². The zero-order chi connectivity index (χ0) is 25.2. The highest BCUT2D eigenvalue weighted by molar-refractivity contribution is 7.16. The van der Waals surface area contributed by atoms with Crippen LogP contribution >= 0.6 is 34.5 Å². The van der Waals surface area contributed by atoms with Crippen molar-refractivity contribution in [3.63, 3.8) is 0 Å². The molecule has 1 atom stereocenters. The number of nitriles is 1. The molecule has 0 bridgehead atoms. The fraction of sp³-hybridized carbons (Fsp3) is 0.357. The molecule has 1 heterocycles. The molecule has 0 fully saturated rings. The molecule has 1 aliphatic carbocycles. The van der Waals surface area contributed by atoms with Gasteiger partial charge in [0.05, 0.1) is 12.7 Å². The SMILES string of the molecule is COc1cccc(C=Nc2sc3c(c2C#N)CC[C@@H](C(C)(C)C)C3)c1OCc1ccc(Cl)cc1Cl. The molecular weight excluding hydrogens is 499 g/mol. The van der Waals surface area contributed by atoms with Gasteiger partial charge in [0.1, 0.15) is 17.7 Å². The van der Waals surface area contributed by atoms with Gasteiger partial charge in [-0.3, -0.25) is 0 Å². The summed E-state index contributed by atoms with van der Waals surface area (Å²) in [6.07, 6.45) is 4.79. The van der Waals surface area contributed by atoms with E-state index in [1.807, 2.05) is 24.3 Å². The van der Waals surface area contributed by atoms with Gasteiger partial charge >= 0.3 is 0 Å². The number of ether oxygens (including phenoxy) is 2. The Morgan fingerprint density at radius 2 is 2.03 bits per heavy atom. The molecule has 0 radical (unpaired) electrons. The summed E-state index contributed by atoms with van der Waals surface area (Å²) in [6, 6.07) is 13.4. The van der Waals surface area contributed by atoms with Crippen LogP contribution in [0.4, 0.5) is 5.00 Å². The molecule has 0 saturated heterocycles.